The van der Waals surface area contributed by atoms with Crippen molar-refractivity contribution in [3.8, 4) is 0 Å². The first-order chi connectivity index (χ1) is 7.95. The molecule has 0 rings (SSSR count). The lowest BCUT2D eigenvalue weighted by molar-refractivity contribution is -0.148. The van der Waals surface area contributed by atoms with Gasteiger partial charge in [-0.3, -0.25) is 0 Å². The van der Waals surface area contributed by atoms with Crippen molar-refractivity contribution in [2.75, 3.05) is 38.7 Å². The van der Waals surface area contributed by atoms with Crippen LogP contribution in [0.25, 0.3) is 0 Å². The summed E-state index contributed by atoms with van der Waals surface area (Å²) in [6.45, 7) is 2.76. The summed E-state index contributed by atoms with van der Waals surface area (Å²) in [6.07, 6.45) is 0. The number of thioether (sulfide) groups is 1. The van der Waals surface area contributed by atoms with E-state index >= 15 is 0 Å². The van der Waals surface area contributed by atoms with Gasteiger partial charge in [0, 0.05) is 18.8 Å². The lowest BCUT2D eigenvalue weighted by Crippen LogP contribution is -2.24. The Morgan fingerprint density at radius 2 is 2.06 bits per heavy atom. The Hall–Kier alpha value is -0.470. The van der Waals surface area contributed by atoms with Crippen LogP contribution in [0.4, 0.5) is 13.2 Å². The second-order valence-corrected chi connectivity index (χ2v) is 4.06. The van der Waals surface area contributed by atoms with Crippen LogP contribution in [-0.2, 0) is 14.3 Å². The lowest BCUT2D eigenvalue weighted by atomic mass is 10.6. The van der Waals surface area contributed by atoms with Gasteiger partial charge < -0.3 is 14.8 Å². The predicted molar refractivity (Wildman–Crippen MR) is 58.8 cm³/mol. The van der Waals surface area contributed by atoms with Gasteiger partial charge in [-0.15, -0.1) is 0 Å². The molecule has 0 fully saturated rings. The van der Waals surface area contributed by atoms with Gasteiger partial charge in [-0.1, -0.05) is 0 Å². The summed E-state index contributed by atoms with van der Waals surface area (Å²) in [7, 11) is 0. The minimum absolute atomic E-state index is 0.0403. The number of carbonyl (C=O) groups excluding carboxylic acids is 1. The van der Waals surface area contributed by atoms with E-state index in [0.717, 1.165) is 0 Å². The Bertz CT molecular complexity index is 214. The van der Waals surface area contributed by atoms with E-state index in [1.165, 1.54) is 0 Å². The topological polar surface area (TPSA) is 47.6 Å². The van der Waals surface area contributed by atoms with Crippen molar-refractivity contribution in [3.05, 3.63) is 0 Å². The maximum Gasteiger partial charge on any atom is 0.441 e. The fraction of sp³-hybridized carbons (Fsp3) is 0.889. The van der Waals surface area contributed by atoms with Gasteiger partial charge in [0.1, 0.15) is 6.61 Å². The highest BCUT2D eigenvalue weighted by Gasteiger charge is 2.27. The number of hydrogen-bond acceptors (Lipinski definition) is 5. The molecule has 0 aliphatic carbocycles. The van der Waals surface area contributed by atoms with Crippen molar-refractivity contribution >= 4 is 17.7 Å². The van der Waals surface area contributed by atoms with Crippen LogP contribution in [0.15, 0.2) is 0 Å². The number of esters is 1. The quantitative estimate of drug-likeness (QED) is 0.509. The molecule has 0 radical (unpaired) electrons. The first-order valence-electron chi connectivity index (χ1n) is 5.10. The van der Waals surface area contributed by atoms with Crippen LogP contribution >= 0.6 is 11.8 Å². The van der Waals surface area contributed by atoms with Crippen LogP contribution in [-0.4, -0.2) is 50.1 Å². The summed E-state index contributed by atoms with van der Waals surface area (Å²) in [6, 6.07) is 0. The van der Waals surface area contributed by atoms with Crippen molar-refractivity contribution in [2.24, 2.45) is 0 Å². The van der Waals surface area contributed by atoms with E-state index in [2.05, 4.69) is 10.1 Å². The molecule has 0 saturated carbocycles. The van der Waals surface area contributed by atoms with Gasteiger partial charge >= 0.3 is 11.5 Å². The maximum absolute atomic E-state index is 11.7. The summed E-state index contributed by atoms with van der Waals surface area (Å²) in [5, 5.41) is 2.77. The van der Waals surface area contributed by atoms with Crippen molar-refractivity contribution in [1.82, 2.24) is 5.32 Å². The zero-order chi connectivity index (χ0) is 13.1. The van der Waals surface area contributed by atoms with Crippen LogP contribution in [0.5, 0.6) is 0 Å². The third kappa shape index (κ3) is 13.5. The number of nitrogens with one attached hydrogen (secondary N) is 1. The minimum atomic E-state index is -4.18. The Morgan fingerprint density at radius 3 is 2.65 bits per heavy atom. The Balaban J connectivity index is 3.16. The molecule has 0 spiro atoms. The second kappa shape index (κ2) is 9.55. The van der Waals surface area contributed by atoms with E-state index < -0.39 is 11.5 Å². The fourth-order valence-electron chi connectivity index (χ4n) is 0.866. The number of alkyl halides is 3. The van der Waals surface area contributed by atoms with E-state index in [1.54, 1.807) is 6.92 Å². The van der Waals surface area contributed by atoms with Gasteiger partial charge in [0.2, 0.25) is 0 Å². The normalized spacial score (nSPS) is 11.5. The van der Waals surface area contributed by atoms with E-state index in [9.17, 15) is 18.0 Å². The molecule has 0 atom stereocenters. The van der Waals surface area contributed by atoms with Crippen LogP contribution in [0.1, 0.15) is 6.92 Å². The van der Waals surface area contributed by atoms with Gasteiger partial charge in [0.05, 0.1) is 13.2 Å². The fourth-order valence-corrected chi connectivity index (χ4v) is 1.34. The van der Waals surface area contributed by atoms with E-state index in [1.807, 2.05) is 0 Å². The number of ether oxygens (including phenoxy) is 2. The Kier molecular flexibility index (Phi) is 9.28. The number of hydrogen-bond donors (Lipinski definition) is 1. The van der Waals surface area contributed by atoms with E-state index in [-0.39, 0.29) is 37.3 Å². The number of halogens is 3. The largest absolute Gasteiger partial charge is 0.464 e. The molecule has 8 heteroatoms. The minimum Gasteiger partial charge on any atom is -0.464 e. The van der Waals surface area contributed by atoms with Crippen molar-refractivity contribution in [3.63, 3.8) is 0 Å². The molecule has 0 saturated heterocycles. The average molecular weight is 275 g/mol. The molecule has 102 valence electrons. The highest BCUT2D eigenvalue weighted by atomic mass is 32.2. The lowest BCUT2D eigenvalue weighted by Gasteiger charge is -2.07. The van der Waals surface area contributed by atoms with Gasteiger partial charge in [-0.25, -0.2) is 4.79 Å². The SMILES string of the molecule is CCOC(=O)COCCNCCSC(F)(F)F. The Morgan fingerprint density at radius 1 is 1.35 bits per heavy atom. The number of carbonyl (C=O) groups is 1. The van der Waals surface area contributed by atoms with Gasteiger partial charge in [-0.05, 0) is 18.7 Å². The summed E-state index contributed by atoms with van der Waals surface area (Å²) >= 11 is -0.0686. The molecule has 0 amide bonds. The first-order valence-corrected chi connectivity index (χ1v) is 6.09. The first kappa shape index (κ1) is 16.5. The Labute approximate surface area is 102 Å². The summed E-state index contributed by atoms with van der Waals surface area (Å²) in [5.41, 5.74) is -4.18. The summed E-state index contributed by atoms with van der Waals surface area (Å²) in [5.74, 6) is -0.485. The molecule has 0 aliphatic heterocycles. The maximum atomic E-state index is 11.7. The van der Waals surface area contributed by atoms with Crippen LogP contribution in [0.2, 0.25) is 0 Å². The zero-order valence-corrected chi connectivity index (χ0v) is 10.3. The van der Waals surface area contributed by atoms with Crippen LogP contribution in [0, 0.1) is 0 Å². The molecule has 0 aromatic heterocycles. The molecule has 4 nitrogen and oxygen atoms in total. The molecule has 0 aliphatic rings. The highest BCUT2D eigenvalue weighted by Crippen LogP contribution is 2.29. The molecule has 0 heterocycles. The summed E-state index contributed by atoms with van der Waals surface area (Å²) < 4.78 is 44.7. The van der Waals surface area contributed by atoms with Gasteiger partial charge in [0.15, 0.2) is 0 Å². The molecular formula is C9H16F3NO3S. The van der Waals surface area contributed by atoms with Crippen LogP contribution in [0.3, 0.4) is 0 Å². The van der Waals surface area contributed by atoms with Gasteiger partial charge in [-0.2, -0.15) is 13.2 Å². The monoisotopic (exact) mass is 275 g/mol. The molecule has 17 heavy (non-hydrogen) atoms. The molecule has 0 unspecified atom stereocenters. The molecule has 0 aromatic carbocycles. The third-order valence-electron chi connectivity index (χ3n) is 1.49. The standard InChI is InChI=1S/C9H16F3NO3S/c1-2-16-8(14)7-15-5-3-13-4-6-17-9(10,11)12/h13H,2-7H2,1H3. The molecular weight excluding hydrogens is 259 g/mol. The predicted octanol–water partition coefficient (Wildman–Crippen LogP) is 1.41. The summed E-state index contributed by atoms with van der Waals surface area (Å²) in [4.78, 5) is 10.8. The second-order valence-electron chi connectivity index (χ2n) is 2.90. The van der Waals surface area contributed by atoms with E-state index in [0.29, 0.717) is 13.2 Å². The van der Waals surface area contributed by atoms with Crippen molar-refractivity contribution in [2.45, 2.75) is 12.4 Å². The molecule has 0 bridgehead atoms. The van der Waals surface area contributed by atoms with Crippen LogP contribution < -0.4 is 5.32 Å². The number of rotatable bonds is 9. The van der Waals surface area contributed by atoms with Crippen molar-refractivity contribution < 1.29 is 27.4 Å². The molecule has 0 aromatic rings. The highest BCUT2D eigenvalue weighted by molar-refractivity contribution is 8.00. The van der Waals surface area contributed by atoms with Gasteiger partial charge in [0.25, 0.3) is 0 Å². The third-order valence-corrected chi connectivity index (χ3v) is 2.23. The average Bonchev–Trinajstić information content (AvgIpc) is 2.21. The zero-order valence-electron chi connectivity index (χ0n) is 9.51. The smallest absolute Gasteiger partial charge is 0.441 e. The molecule has 1 N–H and O–H groups in total. The van der Waals surface area contributed by atoms with E-state index in [4.69, 9.17) is 4.74 Å². The van der Waals surface area contributed by atoms with Crippen molar-refractivity contribution in [1.29, 1.82) is 0 Å².